The van der Waals surface area contributed by atoms with Crippen molar-refractivity contribution in [3.05, 3.63) is 29.6 Å². The van der Waals surface area contributed by atoms with E-state index in [1.165, 1.54) is 19.4 Å². The van der Waals surface area contributed by atoms with E-state index in [2.05, 4.69) is 27.1 Å². The molecular formula is C15H23N5O. The van der Waals surface area contributed by atoms with Crippen LogP contribution in [-0.2, 0) is 6.54 Å². The molecule has 3 rings (SSSR count). The van der Waals surface area contributed by atoms with Crippen LogP contribution in [0.15, 0.2) is 18.2 Å². The van der Waals surface area contributed by atoms with Crippen molar-refractivity contribution in [3.8, 4) is 0 Å². The van der Waals surface area contributed by atoms with Gasteiger partial charge in [0.05, 0.1) is 5.69 Å². The van der Waals surface area contributed by atoms with Gasteiger partial charge in [0.2, 0.25) is 0 Å². The molecule has 3 heterocycles. The molecule has 0 saturated carbocycles. The number of carbonyl (C=O) groups excluding carboxylic acids is 1. The van der Waals surface area contributed by atoms with Gasteiger partial charge < -0.3 is 0 Å². The highest BCUT2D eigenvalue weighted by Crippen LogP contribution is 2.25. The van der Waals surface area contributed by atoms with E-state index in [1.54, 1.807) is 6.07 Å². The second-order valence-electron chi connectivity index (χ2n) is 6.06. The third kappa shape index (κ3) is 3.07. The number of pyridine rings is 1. The predicted molar refractivity (Wildman–Crippen MR) is 80.4 cm³/mol. The lowest BCUT2D eigenvalue weighted by molar-refractivity contribution is 0.0531. The summed E-state index contributed by atoms with van der Waals surface area (Å²) in [6.45, 7) is 6.53. The van der Waals surface area contributed by atoms with Gasteiger partial charge in [-0.2, -0.15) is 0 Å². The van der Waals surface area contributed by atoms with Crippen LogP contribution < -0.4 is 11.3 Å². The number of fused-ring (bicyclic) bond motifs is 1. The fourth-order valence-corrected chi connectivity index (χ4v) is 3.44. The Morgan fingerprint density at radius 3 is 3.14 bits per heavy atom. The zero-order chi connectivity index (χ0) is 14.8. The van der Waals surface area contributed by atoms with Gasteiger partial charge in [0.1, 0.15) is 5.69 Å². The highest BCUT2D eigenvalue weighted by molar-refractivity contribution is 5.91. The summed E-state index contributed by atoms with van der Waals surface area (Å²) in [5.41, 5.74) is 3.43. The first-order valence-electron chi connectivity index (χ1n) is 7.62. The summed E-state index contributed by atoms with van der Waals surface area (Å²) in [5.74, 6) is 4.82. The fourth-order valence-electron chi connectivity index (χ4n) is 3.44. The highest BCUT2D eigenvalue weighted by atomic mass is 16.2. The molecule has 1 aromatic heterocycles. The van der Waals surface area contributed by atoms with Gasteiger partial charge >= 0.3 is 0 Å². The minimum absolute atomic E-state index is 0.342. The summed E-state index contributed by atoms with van der Waals surface area (Å²) in [6, 6.07) is 6.74. The summed E-state index contributed by atoms with van der Waals surface area (Å²) in [5, 5.41) is 0. The third-order valence-corrected chi connectivity index (χ3v) is 4.60. The van der Waals surface area contributed by atoms with Crippen molar-refractivity contribution in [1.82, 2.24) is 20.2 Å². The molecule has 0 spiro atoms. The van der Waals surface area contributed by atoms with Crippen LogP contribution in [-0.4, -0.2) is 52.4 Å². The van der Waals surface area contributed by atoms with Gasteiger partial charge in [-0.15, -0.1) is 0 Å². The van der Waals surface area contributed by atoms with Crippen molar-refractivity contribution in [1.29, 1.82) is 0 Å². The van der Waals surface area contributed by atoms with E-state index in [9.17, 15) is 4.79 Å². The van der Waals surface area contributed by atoms with Gasteiger partial charge in [-0.25, -0.2) is 10.8 Å². The van der Waals surface area contributed by atoms with Crippen LogP contribution >= 0.6 is 0 Å². The predicted octanol–water partition coefficient (Wildman–Crippen LogP) is 0.354. The monoisotopic (exact) mass is 289 g/mol. The number of nitrogens with zero attached hydrogens (tertiary/aromatic N) is 3. The fraction of sp³-hybridized carbons (Fsp3) is 0.600. The summed E-state index contributed by atoms with van der Waals surface area (Å²) in [7, 11) is 0. The average Bonchev–Trinajstić information content (AvgIpc) is 2.94. The average molecular weight is 289 g/mol. The van der Waals surface area contributed by atoms with Crippen molar-refractivity contribution in [3.63, 3.8) is 0 Å². The molecule has 2 unspecified atom stereocenters. The first kappa shape index (κ1) is 14.4. The van der Waals surface area contributed by atoms with Crippen LogP contribution in [0, 0.1) is 0 Å². The molecule has 0 bridgehead atoms. The number of hydrogen-bond donors (Lipinski definition) is 2. The quantitative estimate of drug-likeness (QED) is 0.477. The zero-order valence-electron chi connectivity index (χ0n) is 12.5. The first-order valence-corrected chi connectivity index (χ1v) is 7.62. The number of amides is 1. The van der Waals surface area contributed by atoms with Crippen molar-refractivity contribution in [2.45, 2.75) is 38.4 Å². The molecule has 21 heavy (non-hydrogen) atoms. The lowest BCUT2D eigenvalue weighted by Gasteiger charge is -2.42. The van der Waals surface area contributed by atoms with Crippen LogP contribution in [0.1, 0.15) is 35.9 Å². The summed E-state index contributed by atoms with van der Waals surface area (Å²) < 4.78 is 0. The van der Waals surface area contributed by atoms with Crippen LogP contribution in [0.3, 0.4) is 0 Å². The molecule has 2 saturated heterocycles. The van der Waals surface area contributed by atoms with Crippen LogP contribution in [0.25, 0.3) is 0 Å². The summed E-state index contributed by atoms with van der Waals surface area (Å²) >= 11 is 0. The Morgan fingerprint density at radius 2 is 2.33 bits per heavy atom. The number of nitrogen functional groups attached to an aromatic ring is 1. The Hall–Kier alpha value is -1.50. The smallest absolute Gasteiger partial charge is 0.283 e. The van der Waals surface area contributed by atoms with E-state index in [0.29, 0.717) is 17.8 Å². The Labute approximate surface area is 125 Å². The molecule has 3 N–H and O–H groups in total. The molecule has 2 atom stereocenters. The molecule has 0 radical (unpaired) electrons. The number of aromatic nitrogens is 1. The van der Waals surface area contributed by atoms with Crippen molar-refractivity contribution in [2.75, 3.05) is 19.6 Å². The lowest BCUT2D eigenvalue weighted by atomic mass is 10.1. The second-order valence-corrected chi connectivity index (χ2v) is 6.06. The molecule has 6 heteroatoms. The molecular weight excluding hydrogens is 266 g/mol. The third-order valence-electron chi connectivity index (χ3n) is 4.60. The molecule has 0 aliphatic carbocycles. The van der Waals surface area contributed by atoms with Crippen molar-refractivity contribution >= 4 is 5.91 Å². The lowest BCUT2D eigenvalue weighted by Crippen LogP contribution is -2.54. The van der Waals surface area contributed by atoms with E-state index < -0.39 is 0 Å². The Morgan fingerprint density at radius 1 is 1.48 bits per heavy atom. The Balaban J connectivity index is 1.69. The van der Waals surface area contributed by atoms with Gasteiger partial charge in [0, 0.05) is 31.7 Å². The maximum Gasteiger partial charge on any atom is 0.283 e. The van der Waals surface area contributed by atoms with Crippen LogP contribution in [0.2, 0.25) is 0 Å². The number of nitrogens with two attached hydrogens (primary N) is 1. The minimum atomic E-state index is -0.342. The molecule has 2 fully saturated rings. The number of hydrazine groups is 1. The molecule has 0 aromatic carbocycles. The Kier molecular flexibility index (Phi) is 4.19. The van der Waals surface area contributed by atoms with Crippen molar-refractivity contribution < 1.29 is 4.79 Å². The minimum Gasteiger partial charge on any atom is -0.298 e. The molecule has 2 aliphatic rings. The maximum atomic E-state index is 11.6. The summed E-state index contributed by atoms with van der Waals surface area (Å²) in [4.78, 5) is 21.0. The molecule has 114 valence electrons. The number of hydrogen-bond acceptors (Lipinski definition) is 5. The van der Waals surface area contributed by atoms with Crippen LogP contribution in [0.5, 0.6) is 0 Å². The largest absolute Gasteiger partial charge is 0.298 e. The number of rotatable bonds is 3. The Bertz CT molecular complexity index is 521. The maximum absolute atomic E-state index is 11.6. The second kappa shape index (κ2) is 6.09. The number of nitrogens with one attached hydrogen (secondary N) is 1. The highest BCUT2D eigenvalue weighted by Gasteiger charge is 2.34. The van der Waals surface area contributed by atoms with E-state index >= 15 is 0 Å². The molecule has 1 amide bonds. The van der Waals surface area contributed by atoms with E-state index in [1.807, 2.05) is 12.1 Å². The zero-order valence-corrected chi connectivity index (χ0v) is 12.5. The normalized spacial score (nSPS) is 26.6. The standard InChI is InChI=1S/C15H23N5O/c1-11-8-19-7-3-5-13(19)10-20(11)9-12-4-2-6-14(17-12)15(21)18-16/h2,4,6,11,13H,3,5,7-10,16H2,1H3,(H,18,21). The first-order chi connectivity index (χ1) is 10.2. The molecule has 2 aliphatic heterocycles. The van der Waals surface area contributed by atoms with E-state index in [0.717, 1.165) is 25.3 Å². The molecule has 6 nitrogen and oxygen atoms in total. The van der Waals surface area contributed by atoms with Gasteiger partial charge in [-0.1, -0.05) is 6.07 Å². The van der Waals surface area contributed by atoms with E-state index in [4.69, 9.17) is 5.84 Å². The van der Waals surface area contributed by atoms with E-state index in [-0.39, 0.29) is 5.91 Å². The number of carbonyl (C=O) groups is 1. The SMILES string of the molecule is CC1CN2CCCC2CN1Cc1cccc(C(=O)NN)n1. The van der Waals surface area contributed by atoms with Gasteiger partial charge in [0.15, 0.2) is 0 Å². The molecule has 1 aromatic rings. The topological polar surface area (TPSA) is 74.5 Å². The number of piperazine rings is 1. The van der Waals surface area contributed by atoms with Gasteiger partial charge in [0.25, 0.3) is 5.91 Å². The van der Waals surface area contributed by atoms with Crippen LogP contribution in [0.4, 0.5) is 0 Å². The summed E-state index contributed by atoms with van der Waals surface area (Å²) in [6.07, 6.45) is 2.61. The van der Waals surface area contributed by atoms with Crippen molar-refractivity contribution in [2.24, 2.45) is 5.84 Å². The van der Waals surface area contributed by atoms with Gasteiger partial charge in [-0.05, 0) is 38.4 Å². The van der Waals surface area contributed by atoms with Gasteiger partial charge in [-0.3, -0.25) is 20.0 Å².